The molecule has 0 aliphatic carbocycles. The van der Waals surface area contributed by atoms with Gasteiger partial charge in [0.05, 0.1) is 17.1 Å². The Bertz CT molecular complexity index is 1140. The molecule has 1 heterocycles. The highest BCUT2D eigenvalue weighted by Gasteiger charge is 2.29. The minimum Gasteiger partial charge on any atom is -0.428 e. The van der Waals surface area contributed by atoms with E-state index >= 15 is 0 Å². The van der Waals surface area contributed by atoms with Gasteiger partial charge >= 0.3 is 0 Å². The summed E-state index contributed by atoms with van der Waals surface area (Å²) in [5.74, 6) is -0.541. The van der Waals surface area contributed by atoms with Gasteiger partial charge in [-0.3, -0.25) is 10.1 Å². The zero-order valence-electron chi connectivity index (χ0n) is 14.8. The molecule has 0 amide bonds. The Hall–Kier alpha value is -3.31. The van der Waals surface area contributed by atoms with Crippen LogP contribution in [0.3, 0.4) is 0 Å². The second-order valence-electron chi connectivity index (χ2n) is 6.58. The van der Waals surface area contributed by atoms with Crippen molar-refractivity contribution < 1.29 is 10.1 Å². The number of hydrogen-bond donors (Lipinski definition) is 1. The highest BCUT2D eigenvalue weighted by molar-refractivity contribution is 6.30. The van der Waals surface area contributed by atoms with Crippen LogP contribution in [-0.2, 0) is 0 Å². The average molecular weight is 393 g/mol. The van der Waals surface area contributed by atoms with Crippen LogP contribution in [0.15, 0.2) is 78.9 Å². The van der Waals surface area contributed by atoms with Crippen LogP contribution in [0.1, 0.15) is 17.0 Å². The number of hydrogen-bond acceptors (Lipinski definition) is 3. The number of nitro groups is 1. The lowest BCUT2D eigenvalue weighted by molar-refractivity contribution is -0.481. The molecule has 4 rings (SSSR count). The molecule has 0 saturated heterocycles. The Morgan fingerprint density at radius 1 is 0.964 bits per heavy atom. The molecule has 0 fully saturated rings. The van der Waals surface area contributed by atoms with Gasteiger partial charge in [0.25, 0.3) is 0 Å². The third kappa shape index (κ3) is 3.21. The number of aromatic nitrogens is 1. The Labute approximate surface area is 166 Å². The second-order valence-corrected chi connectivity index (χ2v) is 7.01. The zero-order valence-corrected chi connectivity index (χ0v) is 15.6. The molecule has 0 aliphatic heterocycles. The quantitative estimate of drug-likeness (QED) is 0.273. The van der Waals surface area contributed by atoms with E-state index in [9.17, 15) is 15.3 Å². The van der Waals surface area contributed by atoms with Crippen molar-refractivity contribution in [2.45, 2.75) is 5.92 Å². The summed E-state index contributed by atoms with van der Waals surface area (Å²) in [6, 6.07) is 23.8. The van der Waals surface area contributed by atoms with Crippen molar-refractivity contribution >= 4 is 22.5 Å². The Balaban J connectivity index is 2.04. The molecular formula is C22H17ClN2O3. The molecule has 0 radical (unpaired) electrons. The number of fused-ring (bicyclic) bond motifs is 1. The van der Waals surface area contributed by atoms with Crippen LogP contribution in [0.5, 0.6) is 0 Å². The van der Waals surface area contributed by atoms with Gasteiger partial charge < -0.3 is 5.21 Å². The number of halogens is 1. The smallest absolute Gasteiger partial charge is 0.214 e. The van der Waals surface area contributed by atoms with Crippen molar-refractivity contribution in [3.05, 3.63) is 105 Å². The molecule has 3 aromatic carbocycles. The fraction of sp³-hybridized carbons (Fsp3) is 0.0909. The number of benzene rings is 3. The van der Waals surface area contributed by atoms with Gasteiger partial charge in [-0.05, 0) is 23.8 Å². The first kappa shape index (κ1) is 18.1. The number of rotatable bonds is 5. The van der Waals surface area contributed by atoms with E-state index in [0.29, 0.717) is 16.2 Å². The van der Waals surface area contributed by atoms with Crippen molar-refractivity contribution in [1.82, 2.24) is 4.73 Å². The van der Waals surface area contributed by atoms with Crippen molar-refractivity contribution in [1.29, 1.82) is 0 Å². The molecule has 0 saturated carbocycles. The van der Waals surface area contributed by atoms with Gasteiger partial charge in [0.1, 0.15) is 0 Å². The first-order valence-electron chi connectivity index (χ1n) is 8.81. The Morgan fingerprint density at radius 3 is 2.29 bits per heavy atom. The molecule has 0 spiro atoms. The maximum Gasteiger partial charge on any atom is 0.214 e. The molecule has 1 atom stereocenters. The maximum atomic E-state index is 11.5. The van der Waals surface area contributed by atoms with E-state index in [2.05, 4.69) is 0 Å². The lowest BCUT2D eigenvalue weighted by Gasteiger charge is -2.16. The highest BCUT2D eigenvalue weighted by atomic mass is 35.5. The molecule has 28 heavy (non-hydrogen) atoms. The third-order valence-corrected chi connectivity index (χ3v) is 5.14. The van der Waals surface area contributed by atoms with E-state index in [0.717, 1.165) is 26.8 Å². The molecule has 4 aromatic rings. The zero-order chi connectivity index (χ0) is 19.7. The predicted octanol–water partition coefficient (Wildman–Crippen LogP) is 5.61. The minimum absolute atomic E-state index is 0.296. The summed E-state index contributed by atoms with van der Waals surface area (Å²) < 4.78 is 1.13. The molecule has 140 valence electrons. The van der Waals surface area contributed by atoms with Crippen LogP contribution in [-0.4, -0.2) is 21.4 Å². The van der Waals surface area contributed by atoms with Crippen LogP contribution in [0.4, 0.5) is 0 Å². The first-order valence-corrected chi connectivity index (χ1v) is 9.19. The lowest BCUT2D eigenvalue weighted by atomic mass is 9.87. The first-order chi connectivity index (χ1) is 13.6. The molecule has 5 nitrogen and oxygen atoms in total. The second kappa shape index (κ2) is 7.37. The molecule has 0 aliphatic rings. The van der Waals surface area contributed by atoms with Gasteiger partial charge in [-0.1, -0.05) is 72.3 Å². The normalized spacial score (nSPS) is 12.2. The maximum absolute atomic E-state index is 11.5. The van der Waals surface area contributed by atoms with E-state index in [4.69, 9.17) is 11.6 Å². The minimum atomic E-state index is -0.541. The average Bonchev–Trinajstić information content (AvgIpc) is 3.00. The predicted molar refractivity (Wildman–Crippen MR) is 110 cm³/mol. The fourth-order valence-corrected chi connectivity index (χ4v) is 3.81. The lowest BCUT2D eigenvalue weighted by Crippen LogP contribution is -2.15. The van der Waals surface area contributed by atoms with Crippen LogP contribution >= 0.6 is 11.6 Å². The van der Waals surface area contributed by atoms with Crippen LogP contribution in [0.25, 0.3) is 22.2 Å². The summed E-state index contributed by atoms with van der Waals surface area (Å²) in [6.07, 6.45) is 0. The van der Waals surface area contributed by atoms with Gasteiger partial charge in [0.15, 0.2) is 0 Å². The number of para-hydroxylation sites is 1. The van der Waals surface area contributed by atoms with Crippen LogP contribution in [0, 0.1) is 10.1 Å². The molecule has 1 aromatic heterocycles. The van der Waals surface area contributed by atoms with Gasteiger partial charge in [-0.2, -0.15) is 4.73 Å². The number of nitrogens with zero attached hydrogens (tertiary/aromatic N) is 2. The van der Waals surface area contributed by atoms with Gasteiger partial charge in [-0.25, -0.2) is 0 Å². The highest BCUT2D eigenvalue weighted by Crippen LogP contribution is 2.40. The van der Waals surface area contributed by atoms with Crippen molar-refractivity contribution in [2.75, 3.05) is 6.54 Å². The fourth-order valence-electron chi connectivity index (χ4n) is 3.68. The van der Waals surface area contributed by atoms with Gasteiger partial charge in [0.2, 0.25) is 6.54 Å². The molecule has 6 heteroatoms. The van der Waals surface area contributed by atoms with Crippen LogP contribution in [0.2, 0.25) is 5.02 Å². The summed E-state index contributed by atoms with van der Waals surface area (Å²) >= 11 is 6.02. The van der Waals surface area contributed by atoms with E-state index in [1.807, 2.05) is 48.5 Å². The van der Waals surface area contributed by atoms with E-state index < -0.39 is 5.92 Å². The van der Waals surface area contributed by atoms with Gasteiger partial charge in [0, 0.05) is 26.5 Å². The van der Waals surface area contributed by atoms with E-state index in [-0.39, 0.29) is 11.5 Å². The van der Waals surface area contributed by atoms with Crippen molar-refractivity contribution in [3.8, 4) is 11.3 Å². The summed E-state index contributed by atoms with van der Waals surface area (Å²) in [4.78, 5) is 11.2. The van der Waals surface area contributed by atoms with E-state index in [1.54, 1.807) is 30.3 Å². The monoisotopic (exact) mass is 392 g/mol. The summed E-state index contributed by atoms with van der Waals surface area (Å²) in [5, 5.41) is 23.8. The summed E-state index contributed by atoms with van der Waals surface area (Å²) in [7, 11) is 0. The Morgan fingerprint density at radius 2 is 1.61 bits per heavy atom. The topological polar surface area (TPSA) is 68.3 Å². The van der Waals surface area contributed by atoms with Crippen LogP contribution < -0.4 is 0 Å². The SMILES string of the molecule is O=[N+]([O-])CC(c1ccc(Cl)cc1)c1c(-c2ccccc2)n(O)c2ccccc12. The van der Waals surface area contributed by atoms with Crippen molar-refractivity contribution in [2.24, 2.45) is 0 Å². The Kier molecular flexibility index (Phi) is 4.75. The van der Waals surface area contributed by atoms with Gasteiger partial charge in [-0.15, -0.1) is 0 Å². The van der Waals surface area contributed by atoms with Crippen molar-refractivity contribution in [3.63, 3.8) is 0 Å². The summed E-state index contributed by atoms with van der Waals surface area (Å²) in [6.45, 7) is -0.296. The third-order valence-electron chi connectivity index (χ3n) is 4.89. The summed E-state index contributed by atoms with van der Waals surface area (Å²) in [5.41, 5.74) is 3.46. The standard InChI is InChI=1S/C22H17ClN2O3/c23-17-12-10-15(11-13-17)19(14-24(26)27)21-18-8-4-5-9-20(18)25(28)22(21)16-6-2-1-3-7-16/h1-13,19,28H,14H2. The molecule has 1 N–H and O–H groups in total. The largest absolute Gasteiger partial charge is 0.428 e. The molecular weight excluding hydrogens is 376 g/mol. The molecule has 0 bridgehead atoms. The molecule has 1 unspecified atom stereocenters. The van der Waals surface area contributed by atoms with E-state index in [1.165, 1.54) is 0 Å².